The number of halogens is 1. The maximum atomic E-state index is 14.1. The van der Waals surface area contributed by atoms with Crippen LogP contribution in [-0.2, 0) is 0 Å². The van der Waals surface area contributed by atoms with E-state index in [1.807, 2.05) is 0 Å². The quantitative estimate of drug-likeness (QED) is 0.898. The number of piperazine rings is 1. The van der Waals surface area contributed by atoms with Gasteiger partial charge in [-0.15, -0.1) is 0 Å². The molecule has 1 aromatic rings. The molecule has 0 bridgehead atoms. The molecule has 2 heterocycles. The Hall–Kier alpha value is -1.69. The molecule has 1 N–H and O–H groups in total. The minimum absolute atomic E-state index is 0.142. The number of aromatic carboxylic acids is 1. The molecule has 104 valence electrons. The average Bonchev–Trinajstić information content (AvgIpc) is 2.38. The van der Waals surface area contributed by atoms with E-state index in [0.29, 0.717) is 19.1 Å². The zero-order valence-corrected chi connectivity index (χ0v) is 11.1. The predicted octanol–water partition coefficient (Wildman–Crippen LogP) is 1.45. The van der Waals surface area contributed by atoms with Crippen LogP contribution in [0.3, 0.4) is 0 Å². The Morgan fingerprint density at radius 3 is 2.53 bits per heavy atom. The molecule has 1 saturated heterocycles. The Morgan fingerprint density at radius 1 is 1.37 bits per heavy atom. The van der Waals surface area contributed by atoms with Crippen LogP contribution >= 0.6 is 0 Å². The van der Waals surface area contributed by atoms with E-state index in [4.69, 9.17) is 5.11 Å². The zero-order valence-electron chi connectivity index (χ0n) is 11.1. The Morgan fingerprint density at radius 2 is 2.00 bits per heavy atom. The Bertz CT molecular complexity index is 471. The van der Waals surface area contributed by atoms with Gasteiger partial charge in [0.25, 0.3) is 0 Å². The van der Waals surface area contributed by atoms with Crippen LogP contribution in [0.1, 0.15) is 24.2 Å². The van der Waals surface area contributed by atoms with Crippen molar-refractivity contribution in [2.45, 2.75) is 19.9 Å². The fourth-order valence-corrected chi connectivity index (χ4v) is 2.27. The number of pyridine rings is 1. The summed E-state index contributed by atoms with van der Waals surface area (Å²) in [6, 6.07) is 1.65. The SMILES string of the molecule is CC(C)N1CCN(c2nccc(C(=O)O)c2F)CC1. The van der Waals surface area contributed by atoms with Gasteiger partial charge in [-0.3, -0.25) is 4.90 Å². The zero-order chi connectivity index (χ0) is 14.0. The van der Waals surface area contributed by atoms with E-state index in [1.54, 1.807) is 4.90 Å². The second-order valence-electron chi connectivity index (χ2n) is 4.92. The number of nitrogens with zero attached hydrogens (tertiary/aromatic N) is 3. The van der Waals surface area contributed by atoms with Crippen molar-refractivity contribution in [2.75, 3.05) is 31.1 Å². The van der Waals surface area contributed by atoms with Crippen molar-refractivity contribution in [1.29, 1.82) is 0 Å². The fourth-order valence-electron chi connectivity index (χ4n) is 2.27. The summed E-state index contributed by atoms with van der Waals surface area (Å²) in [7, 11) is 0. The molecule has 1 aliphatic heterocycles. The smallest absolute Gasteiger partial charge is 0.338 e. The third-order valence-electron chi connectivity index (χ3n) is 3.45. The minimum atomic E-state index is -1.26. The van der Waals surface area contributed by atoms with Crippen LogP contribution < -0.4 is 4.90 Å². The molecule has 1 aromatic heterocycles. The summed E-state index contributed by atoms with van der Waals surface area (Å²) >= 11 is 0. The largest absolute Gasteiger partial charge is 0.478 e. The lowest BCUT2D eigenvalue weighted by Gasteiger charge is -2.37. The van der Waals surface area contributed by atoms with E-state index in [1.165, 1.54) is 12.3 Å². The number of rotatable bonds is 3. The van der Waals surface area contributed by atoms with Gasteiger partial charge in [-0.1, -0.05) is 0 Å². The molecule has 19 heavy (non-hydrogen) atoms. The highest BCUT2D eigenvalue weighted by atomic mass is 19.1. The van der Waals surface area contributed by atoms with Crippen LogP contribution in [0.25, 0.3) is 0 Å². The van der Waals surface area contributed by atoms with Crippen molar-refractivity contribution in [3.05, 3.63) is 23.6 Å². The second kappa shape index (κ2) is 5.52. The maximum Gasteiger partial charge on any atom is 0.338 e. The molecule has 1 fully saturated rings. The maximum absolute atomic E-state index is 14.1. The lowest BCUT2D eigenvalue weighted by Crippen LogP contribution is -2.49. The lowest BCUT2D eigenvalue weighted by molar-refractivity contribution is 0.0691. The van der Waals surface area contributed by atoms with Crippen LogP contribution in [0.4, 0.5) is 10.2 Å². The average molecular weight is 267 g/mol. The molecule has 2 rings (SSSR count). The summed E-state index contributed by atoms with van der Waals surface area (Å²) in [5.74, 6) is -1.86. The van der Waals surface area contributed by atoms with E-state index in [9.17, 15) is 9.18 Å². The molecular weight excluding hydrogens is 249 g/mol. The van der Waals surface area contributed by atoms with Gasteiger partial charge in [0.15, 0.2) is 11.6 Å². The first-order valence-corrected chi connectivity index (χ1v) is 6.37. The molecule has 0 aliphatic carbocycles. The number of carboxylic acids is 1. The molecule has 6 heteroatoms. The third kappa shape index (κ3) is 2.84. The normalized spacial score (nSPS) is 16.9. The predicted molar refractivity (Wildman–Crippen MR) is 70.1 cm³/mol. The Kier molecular flexibility index (Phi) is 3.99. The summed E-state index contributed by atoms with van der Waals surface area (Å²) in [5.41, 5.74) is -0.323. The fraction of sp³-hybridized carbons (Fsp3) is 0.538. The van der Waals surface area contributed by atoms with E-state index in [2.05, 4.69) is 23.7 Å². The number of anilines is 1. The van der Waals surface area contributed by atoms with Gasteiger partial charge in [-0.25, -0.2) is 14.2 Å². The number of carboxylic acid groups (broad SMARTS) is 1. The van der Waals surface area contributed by atoms with Gasteiger partial charge < -0.3 is 10.0 Å². The van der Waals surface area contributed by atoms with Gasteiger partial charge >= 0.3 is 5.97 Å². The first-order chi connectivity index (χ1) is 9.00. The van der Waals surface area contributed by atoms with Crippen molar-refractivity contribution in [1.82, 2.24) is 9.88 Å². The van der Waals surface area contributed by atoms with E-state index >= 15 is 0 Å². The summed E-state index contributed by atoms with van der Waals surface area (Å²) in [6.45, 7) is 7.22. The molecule has 0 radical (unpaired) electrons. The number of hydrogen-bond acceptors (Lipinski definition) is 4. The topological polar surface area (TPSA) is 56.7 Å². The van der Waals surface area contributed by atoms with Crippen LogP contribution in [-0.4, -0.2) is 53.2 Å². The van der Waals surface area contributed by atoms with Crippen molar-refractivity contribution < 1.29 is 14.3 Å². The van der Waals surface area contributed by atoms with Gasteiger partial charge in [0.2, 0.25) is 0 Å². The Labute approximate surface area is 111 Å². The van der Waals surface area contributed by atoms with E-state index in [0.717, 1.165) is 13.1 Å². The molecule has 0 saturated carbocycles. The summed E-state index contributed by atoms with van der Waals surface area (Å²) < 4.78 is 14.1. The van der Waals surface area contributed by atoms with Crippen molar-refractivity contribution in [3.8, 4) is 0 Å². The summed E-state index contributed by atoms with van der Waals surface area (Å²) in [4.78, 5) is 19.0. The third-order valence-corrected chi connectivity index (χ3v) is 3.45. The highest BCUT2D eigenvalue weighted by molar-refractivity contribution is 5.88. The highest BCUT2D eigenvalue weighted by Gasteiger charge is 2.24. The molecule has 0 atom stereocenters. The van der Waals surface area contributed by atoms with E-state index < -0.39 is 11.8 Å². The summed E-state index contributed by atoms with van der Waals surface area (Å²) in [6.07, 6.45) is 1.34. The highest BCUT2D eigenvalue weighted by Crippen LogP contribution is 2.21. The van der Waals surface area contributed by atoms with Gasteiger partial charge in [0.05, 0.1) is 0 Å². The molecular formula is C13H18FN3O2. The van der Waals surface area contributed by atoms with Crippen LogP contribution in [0, 0.1) is 5.82 Å². The number of aromatic nitrogens is 1. The van der Waals surface area contributed by atoms with Gasteiger partial charge in [0.1, 0.15) is 5.56 Å². The van der Waals surface area contributed by atoms with E-state index in [-0.39, 0.29) is 11.4 Å². The van der Waals surface area contributed by atoms with Crippen LogP contribution in [0.15, 0.2) is 12.3 Å². The Balaban J connectivity index is 2.16. The van der Waals surface area contributed by atoms with Crippen molar-refractivity contribution in [2.24, 2.45) is 0 Å². The van der Waals surface area contributed by atoms with Crippen LogP contribution in [0.2, 0.25) is 0 Å². The molecule has 0 amide bonds. The number of hydrogen-bond donors (Lipinski definition) is 1. The monoisotopic (exact) mass is 267 g/mol. The molecule has 5 nitrogen and oxygen atoms in total. The minimum Gasteiger partial charge on any atom is -0.478 e. The molecule has 0 aromatic carbocycles. The van der Waals surface area contributed by atoms with Gasteiger partial charge in [-0.2, -0.15) is 0 Å². The lowest BCUT2D eigenvalue weighted by atomic mass is 10.2. The summed E-state index contributed by atoms with van der Waals surface area (Å²) in [5, 5.41) is 8.91. The van der Waals surface area contributed by atoms with Crippen molar-refractivity contribution >= 4 is 11.8 Å². The standard InChI is InChI=1S/C13H18FN3O2/c1-9(2)16-5-7-17(8-6-16)12-11(14)10(13(18)19)3-4-15-12/h3-4,9H,5-8H2,1-2H3,(H,18,19). The molecule has 0 spiro atoms. The first kappa shape index (κ1) is 13.7. The van der Waals surface area contributed by atoms with Crippen LogP contribution in [0.5, 0.6) is 0 Å². The van der Waals surface area contributed by atoms with Gasteiger partial charge in [-0.05, 0) is 19.9 Å². The molecule has 1 aliphatic rings. The second-order valence-corrected chi connectivity index (χ2v) is 4.92. The van der Waals surface area contributed by atoms with Gasteiger partial charge in [0, 0.05) is 38.4 Å². The first-order valence-electron chi connectivity index (χ1n) is 6.37. The van der Waals surface area contributed by atoms with Crippen molar-refractivity contribution in [3.63, 3.8) is 0 Å². The number of carbonyl (C=O) groups is 1. The molecule has 0 unspecified atom stereocenters.